The second-order valence-corrected chi connectivity index (χ2v) is 8.16. The largest absolute Gasteiger partial charge is 0.490 e. The summed E-state index contributed by atoms with van der Waals surface area (Å²) >= 11 is 0. The van der Waals surface area contributed by atoms with Gasteiger partial charge in [0.2, 0.25) is 0 Å². The second kappa shape index (κ2) is 10.9. The number of rotatable bonds is 8. The molecule has 5 rings (SSSR count). The molecule has 1 N–H and O–H groups in total. The Balaban J connectivity index is 1.41. The lowest BCUT2D eigenvalue weighted by molar-refractivity contribution is 0.122. The Kier molecular flexibility index (Phi) is 7.05. The van der Waals surface area contributed by atoms with Crippen molar-refractivity contribution in [1.29, 1.82) is 5.26 Å². The van der Waals surface area contributed by atoms with Gasteiger partial charge >= 0.3 is 0 Å². The summed E-state index contributed by atoms with van der Waals surface area (Å²) in [6, 6.07) is 15.5. The molecule has 2 aromatic heterocycles. The first-order valence-corrected chi connectivity index (χ1v) is 11.8. The fraction of sp³-hybridized carbons (Fsp3) is 0.259. The van der Waals surface area contributed by atoms with Crippen molar-refractivity contribution in [2.24, 2.45) is 0 Å². The van der Waals surface area contributed by atoms with Crippen molar-refractivity contribution in [2.45, 2.75) is 13.5 Å². The third-order valence-electron chi connectivity index (χ3n) is 5.82. The van der Waals surface area contributed by atoms with Gasteiger partial charge in [-0.25, -0.2) is 4.98 Å². The lowest BCUT2D eigenvalue weighted by Crippen LogP contribution is -2.36. The Morgan fingerprint density at radius 2 is 1.89 bits per heavy atom. The van der Waals surface area contributed by atoms with E-state index in [2.05, 4.69) is 26.3 Å². The highest BCUT2D eigenvalue weighted by Crippen LogP contribution is 2.34. The highest BCUT2D eigenvalue weighted by molar-refractivity contribution is 5.89. The van der Waals surface area contributed by atoms with Crippen molar-refractivity contribution in [3.63, 3.8) is 0 Å². The van der Waals surface area contributed by atoms with Gasteiger partial charge in [-0.05, 0) is 48.9 Å². The van der Waals surface area contributed by atoms with Crippen LogP contribution in [0.15, 0.2) is 61.1 Å². The summed E-state index contributed by atoms with van der Waals surface area (Å²) in [7, 11) is 0. The number of pyridine rings is 1. The number of nitriles is 1. The highest BCUT2D eigenvalue weighted by Gasteiger charge is 2.17. The molecule has 4 aromatic rings. The van der Waals surface area contributed by atoms with Crippen LogP contribution in [-0.2, 0) is 11.3 Å². The summed E-state index contributed by atoms with van der Waals surface area (Å²) in [4.78, 5) is 15.5. The Morgan fingerprint density at radius 3 is 2.67 bits per heavy atom. The van der Waals surface area contributed by atoms with E-state index in [1.165, 1.54) is 0 Å². The number of nitrogens with one attached hydrogen (secondary N) is 1. The number of aromatic nitrogens is 3. The number of hydrogen-bond acceptors (Lipinski definition) is 9. The molecule has 1 aliphatic rings. The van der Waals surface area contributed by atoms with Crippen molar-refractivity contribution in [2.75, 3.05) is 43.1 Å². The molecule has 1 fully saturated rings. The minimum absolute atomic E-state index is 0.406. The second-order valence-electron chi connectivity index (χ2n) is 8.16. The summed E-state index contributed by atoms with van der Waals surface area (Å²) in [6.45, 7) is 5.62. The normalized spacial score (nSPS) is 13.3. The van der Waals surface area contributed by atoms with E-state index in [1.54, 1.807) is 18.6 Å². The van der Waals surface area contributed by atoms with E-state index in [4.69, 9.17) is 19.2 Å². The number of nitrogens with zero attached hydrogens (tertiary/aromatic N) is 5. The minimum atomic E-state index is 0.406. The van der Waals surface area contributed by atoms with Gasteiger partial charge in [-0.2, -0.15) is 5.26 Å². The monoisotopic (exact) mass is 482 g/mol. The zero-order valence-corrected chi connectivity index (χ0v) is 20.0. The van der Waals surface area contributed by atoms with Crippen LogP contribution in [-0.4, -0.2) is 47.9 Å². The fourth-order valence-electron chi connectivity index (χ4n) is 4.00. The lowest BCUT2D eigenvalue weighted by Gasteiger charge is -2.27. The Bertz CT molecular complexity index is 1380. The summed E-state index contributed by atoms with van der Waals surface area (Å²) < 4.78 is 17.3. The molecule has 1 aliphatic heterocycles. The van der Waals surface area contributed by atoms with E-state index in [-0.39, 0.29) is 0 Å². The first-order chi connectivity index (χ1) is 17.7. The van der Waals surface area contributed by atoms with E-state index in [9.17, 15) is 5.26 Å². The van der Waals surface area contributed by atoms with Gasteiger partial charge < -0.3 is 24.4 Å². The molecule has 0 bridgehead atoms. The van der Waals surface area contributed by atoms with Crippen LogP contribution in [0.25, 0.3) is 11.0 Å². The average molecular weight is 483 g/mol. The van der Waals surface area contributed by atoms with Gasteiger partial charge in [0.25, 0.3) is 0 Å². The Morgan fingerprint density at radius 1 is 1.06 bits per heavy atom. The van der Waals surface area contributed by atoms with E-state index < -0.39 is 0 Å². The quantitative estimate of drug-likeness (QED) is 0.390. The van der Waals surface area contributed by atoms with Crippen molar-refractivity contribution in [3.05, 3.63) is 72.2 Å². The highest BCUT2D eigenvalue weighted by atomic mass is 16.5. The first-order valence-electron chi connectivity index (χ1n) is 11.8. The average Bonchev–Trinajstić information content (AvgIpc) is 2.93. The predicted molar refractivity (Wildman–Crippen MR) is 137 cm³/mol. The number of anilines is 3. The topological polar surface area (TPSA) is 105 Å². The van der Waals surface area contributed by atoms with E-state index in [0.29, 0.717) is 60.2 Å². The van der Waals surface area contributed by atoms with Crippen LogP contribution in [0, 0.1) is 11.3 Å². The fourth-order valence-corrected chi connectivity index (χ4v) is 4.00. The molecule has 0 aliphatic carbocycles. The van der Waals surface area contributed by atoms with Gasteiger partial charge in [0.05, 0.1) is 37.2 Å². The third kappa shape index (κ3) is 5.14. The van der Waals surface area contributed by atoms with Crippen LogP contribution >= 0.6 is 0 Å². The molecule has 0 spiro atoms. The van der Waals surface area contributed by atoms with Crippen molar-refractivity contribution in [1.82, 2.24) is 15.0 Å². The Hall–Kier alpha value is -4.42. The van der Waals surface area contributed by atoms with Crippen LogP contribution in [0.1, 0.15) is 18.1 Å². The van der Waals surface area contributed by atoms with Crippen LogP contribution in [0.3, 0.4) is 0 Å². The van der Waals surface area contributed by atoms with Crippen LogP contribution < -0.4 is 19.7 Å². The molecule has 0 saturated carbocycles. The molecule has 36 heavy (non-hydrogen) atoms. The number of fused-ring (bicyclic) bond motifs is 1. The smallest absolute Gasteiger partial charge is 0.163 e. The maximum absolute atomic E-state index is 10.0. The first kappa shape index (κ1) is 23.3. The van der Waals surface area contributed by atoms with Gasteiger partial charge in [0.15, 0.2) is 11.5 Å². The van der Waals surface area contributed by atoms with Crippen molar-refractivity contribution >= 4 is 28.2 Å². The van der Waals surface area contributed by atoms with Crippen LogP contribution in [0.5, 0.6) is 11.5 Å². The van der Waals surface area contributed by atoms with Gasteiger partial charge in [0.1, 0.15) is 29.6 Å². The molecular weight excluding hydrogens is 456 g/mol. The number of ether oxygens (including phenoxy) is 3. The lowest BCUT2D eigenvalue weighted by atomic mass is 10.1. The number of morpholine rings is 1. The maximum Gasteiger partial charge on any atom is 0.163 e. The molecule has 0 amide bonds. The van der Waals surface area contributed by atoms with Crippen LogP contribution in [0.4, 0.5) is 17.2 Å². The molecule has 3 heterocycles. The van der Waals surface area contributed by atoms with Crippen molar-refractivity contribution in [3.8, 4) is 17.6 Å². The summed E-state index contributed by atoms with van der Waals surface area (Å²) in [6.07, 6.45) is 5.22. The van der Waals surface area contributed by atoms with Crippen molar-refractivity contribution < 1.29 is 14.2 Å². The summed E-state index contributed by atoms with van der Waals surface area (Å²) in [5.74, 6) is 2.00. The third-order valence-corrected chi connectivity index (χ3v) is 5.82. The standard InChI is InChI=1S/C27H26N6O3/c1-2-35-25-15-20(3-6-24(25)36-18-19-7-9-29-10-8-19)31-22-4-5-23-27(21(22)16-28)32-26(17-30-23)33-11-13-34-14-12-33/h3-10,15,17,31H,2,11-14,18H2,1H3. The van der Waals surface area contributed by atoms with Gasteiger partial charge in [-0.3, -0.25) is 9.97 Å². The molecule has 9 heteroatoms. The Labute approximate surface area is 209 Å². The molecule has 2 aromatic carbocycles. The molecule has 0 unspecified atom stereocenters. The molecule has 0 atom stereocenters. The molecule has 9 nitrogen and oxygen atoms in total. The SMILES string of the molecule is CCOc1cc(Nc2ccc3ncc(N4CCOCC4)nc3c2C#N)ccc1OCc1ccncc1. The van der Waals surface area contributed by atoms with E-state index in [0.717, 1.165) is 30.2 Å². The zero-order valence-electron chi connectivity index (χ0n) is 20.0. The minimum Gasteiger partial charge on any atom is -0.490 e. The van der Waals surface area contributed by atoms with Gasteiger partial charge in [-0.1, -0.05) is 0 Å². The summed E-state index contributed by atoms with van der Waals surface area (Å²) in [5, 5.41) is 13.4. The van der Waals surface area contributed by atoms with Crippen LogP contribution in [0.2, 0.25) is 0 Å². The molecule has 1 saturated heterocycles. The van der Waals surface area contributed by atoms with E-state index >= 15 is 0 Å². The maximum atomic E-state index is 10.0. The molecular formula is C27H26N6O3. The van der Waals surface area contributed by atoms with Gasteiger partial charge in [0, 0.05) is 37.2 Å². The summed E-state index contributed by atoms with van der Waals surface area (Å²) in [5.41, 5.74) is 4.10. The molecule has 0 radical (unpaired) electrons. The number of benzene rings is 2. The predicted octanol–water partition coefficient (Wildman–Crippen LogP) is 4.45. The zero-order chi connectivity index (χ0) is 24.7. The molecule has 182 valence electrons. The van der Waals surface area contributed by atoms with E-state index in [1.807, 2.05) is 49.4 Å². The van der Waals surface area contributed by atoms with Gasteiger partial charge in [-0.15, -0.1) is 0 Å². The number of hydrogen-bond donors (Lipinski definition) is 1.